The third-order valence-electron chi connectivity index (χ3n) is 6.63. The first-order chi connectivity index (χ1) is 16.5. The molecule has 0 saturated heterocycles. The van der Waals surface area contributed by atoms with Crippen LogP contribution in [-0.2, 0) is 17.0 Å². The molecule has 1 saturated carbocycles. The summed E-state index contributed by atoms with van der Waals surface area (Å²) in [6.45, 7) is 3.72. The number of allylic oxidation sites excluding steroid dienone is 1. The van der Waals surface area contributed by atoms with Crippen LogP contribution < -0.4 is 0 Å². The number of hydrogen-bond donors (Lipinski definition) is 0. The zero-order chi connectivity index (χ0) is 24.3. The summed E-state index contributed by atoms with van der Waals surface area (Å²) in [5.41, 5.74) is 6.87. The van der Waals surface area contributed by atoms with E-state index in [1.165, 1.54) is 41.5 Å². The molecule has 2 nitrogen and oxygen atoms in total. The number of nitrogens with zero attached hydrogens (tertiary/aromatic N) is 1. The van der Waals surface area contributed by atoms with E-state index in [-0.39, 0.29) is 6.15 Å². The normalized spacial score (nSPS) is 20.1. The summed E-state index contributed by atoms with van der Waals surface area (Å²) in [5, 5.41) is 0. The van der Waals surface area contributed by atoms with Gasteiger partial charge in [0.15, 0.2) is 0 Å². The van der Waals surface area contributed by atoms with Crippen molar-refractivity contribution in [2.75, 3.05) is 14.1 Å². The summed E-state index contributed by atoms with van der Waals surface area (Å²) in [7, 11) is 14.2. The van der Waals surface area contributed by atoms with Gasteiger partial charge in [0.2, 0.25) is 0 Å². The second kappa shape index (κ2) is 15.6. The Morgan fingerprint density at radius 1 is 0.857 bits per heavy atom. The van der Waals surface area contributed by atoms with E-state index in [9.17, 15) is 0 Å². The Bertz CT molecular complexity index is 1020. The number of fused-ring (bicyclic) bond motifs is 1. The zero-order valence-electron chi connectivity index (χ0n) is 20.6. The third-order valence-corrected chi connectivity index (χ3v) is 6.63. The van der Waals surface area contributed by atoms with Crippen molar-refractivity contribution >= 4 is 30.3 Å². The van der Waals surface area contributed by atoms with E-state index in [0.29, 0.717) is 17.9 Å². The van der Waals surface area contributed by atoms with Gasteiger partial charge in [-0.3, -0.25) is 0 Å². The van der Waals surface area contributed by atoms with Crippen LogP contribution >= 0.6 is 18.6 Å². The maximum atomic E-state index is 4.89. The fourth-order valence-electron chi connectivity index (χ4n) is 4.91. The van der Waals surface area contributed by atoms with Gasteiger partial charge >= 0.3 is 35.6 Å². The van der Waals surface area contributed by atoms with Crippen LogP contribution in [0.4, 0.5) is 0 Å². The molecular weight excluding hydrogens is 507 g/mol. The molecule has 0 bridgehead atoms. The number of hydrogen-bond acceptors (Lipinski definition) is 1. The molecular formula is C30H35Cl2N2Ti-3. The molecule has 3 aromatic carbocycles. The maximum Gasteiger partial charge on any atom is -0.693 e. The third kappa shape index (κ3) is 8.53. The largest absolute Gasteiger partial charge is 0.693 e. The van der Waals surface area contributed by atoms with E-state index in [0.717, 1.165) is 5.56 Å². The second-order valence-corrected chi connectivity index (χ2v) is 11.5. The molecule has 0 amide bonds. The summed E-state index contributed by atoms with van der Waals surface area (Å²) in [4.78, 5) is 2.38. The molecule has 2 N–H and O–H groups in total. The minimum atomic E-state index is -0.556. The molecule has 1 fully saturated rings. The second-order valence-electron chi connectivity index (χ2n) is 8.96. The first-order valence-electron chi connectivity index (χ1n) is 11.7. The summed E-state index contributed by atoms with van der Waals surface area (Å²) < 4.78 is 0. The standard InChI is InChI=1S/C23H26N.C7H7.2ClH.H2N.Ti/c1-24(2)20-14-12-18(13-15-20)23-21-11-7-6-10-19(21)16-22(23)17-8-4-3-5-9-17;1-7-5-3-2-4-6-7;;;;/h3-12,16,18,20,23H,13-15H2,1-2H3;2-6H,1H2;2*1H;1H2;/q2*-1;;;-1;+2/p-2. The summed E-state index contributed by atoms with van der Waals surface area (Å²) in [5.74, 6) is 1.17. The Balaban J connectivity index is 0.000000332. The molecule has 0 spiro atoms. The van der Waals surface area contributed by atoms with Crippen LogP contribution in [-0.4, -0.2) is 25.0 Å². The van der Waals surface area contributed by atoms with Crippen molar-refractivity contribution in [1.29, 1.82) is 0 Å². The number of nitrogens with two attached hydrogens (primary N) is 1. The molecule has 3 unspecified atom stereocenters. The Morgan fingerprint density at radius 2 is 1.43 bits per heavy atom. The van der Waals surface area contributed by atoms with Crippen molar-refractivity contribution in [3.05, 3.63) is 127 Å². The van der Waals surface area contributed by atoms with Crippen LogP contribution in [0.5, 0.6) is 0 Å². The van der Waals surface area contributed by atoms with Crippen molar-refractivity contribution in [3.63, 3.8) is 0 Å². The van der Waals surface area contributed by atoms with Crippen molar-refractivity contribution in [2.24, 2.45) is 5.92 Å². The zero-order valence-corrected chi connectivity index (χ0v) is 23.7. The molecule has 2 aliphatic carbocycles. The fraction of sp³-hybridized carbons (Fsp3) is 0.267. The van der Waals surface area contributed by atoms with E-state index in [2.05, 4.69) is 93.0 Å². The average molecular weight is 542 g/mol. The van der Waals surface area contributed by atoms with Crippen molar-refractivity contribution < 1.29 is 17.0 Å². The molecule has 35 heavy (non-hydrogen) atoms. The Kier molecular flexibility index (Phi) is 13.2. The predicted molar refractivity (Wildman–Crippen MR) is 151 cm³/mol. The van der Waals surface area contributed by atoms with Crippen LogP contribution in [0.25, 0.3) is 17.8 Å². The van der Waals surface area contributed by atoms with Gasteiger partial charge in [-0.15, -0.1) is 12.1 Å². The smallest absolute Gasteiger partial charge is 0.693 e. The van der Waals surface area contributed by atoms with Crippen molar-refractivity contribution in [1.82, 2.24) is 4.90 Å². The minimum Gasteiger partial charge on any atom is -0.693 e. The molecule has 2 aliphatic rings. The molecule has 0 heterocycles. The van der Waals surface area contributed by atoms with Crippen LogP contribution in [0.2, 0.25) is 0 Å². The van der Waals surface area contributed by atoms with Gasteiger partial charge in [-0.2, -0.15) is 37.0 Å². The topological polar surface area (TPSA) is 36.7 Å². The van der Waals surface area contributed by atoms with Gasteiger partial charge in [0.05, 0.1) is 0 Å². The van der Waals surface area contributed by atoms with E-state index in [4.69, 9.17) is 18.6 Å². The molecule has 5 heteroatoms. The van der Waals surface area contributed by atoms with Gasteiger partial charge in [0.1, 0.15) is 0 Å². The average Bonchev–Trinajstić information content (AvgIpc) is 3.26. The molecule has 5 rings (SSSR count). The number of benzene rings is 3. The van der Waals surface area contributed by atoms with E-state index < -0.39 is 17.0 Å². The molecule has 0 radical (unpaired) electrons. The molecule has 0 aromatic heterocycles. The Labute approximate surface area is 229 Å². The van der Waals surface area contributed by atoms with Crippen LogP contribution in [0, 0.1) is 19.3 Å². The molecule has 0 aliphatic heterocycles. The van der Waals surface area contributed by atoms with Gasteiger partial charge in [0, 0.05) is 0 Å². The van der Waals surface area contributed by atoms with E-state index in [1.807, 2.05) is 30.3 Å². The van der Waals surface area contributed by atoms with Crippen LogP contribution in [0.1, 0.15) is 47.4 Å². The van der Waals surface area contributed by atoms with Gasteiger partial charge in [-0.25, -0.2) is 0 Å². The first kappa shape index (κ1) is 29.7. The van der Waals surface area contributed by atoms with Gasteiger partial charge in [-0.1, -0.05) is 73.2 Å². The van der Waals surface area contributed by atoms with Crippen LogP contribution in [0.15, 0.2) is 84.9 Å². The minimum absolute atomic E-state index is 0. The fourth-order valence-corrected chi connectivity index (χ4v) is 4.91. The van der Waals surface area contributed by atoms with E-state index >= 15 is 0 Å². The summed E-state index contributed by atoms with van der Waals surface area (Å²) in [6.07, 6.45) is 8.80. The molecule has 3 aromatic rings. The molecule has 186 valence electrons. The van der Waals surface area contributed by atoms with Gasteiger partial charge < -0.3 is 17.5 Å². The van der Waals surface area contributed by atoms with Crippen molar-refractivity contribution in [3.8, 4) is 0 Å². The number of halogens is 2. The maximum absolute atomic E-state index is 4.89. The summed E-state index contributed by atoms with van der Waals surface area (Å²) in [6, 6.07) is 30.5. The summed E-state index contributed by atoms with van der Waals surface area (Å²) >= 11 is -0.556. The van der Waals surface area contributed by atoms with Crippen molar-refractivity contribution in [2.45, 2.75) is 31.2 Å². The predicted octanol–water partition coefficient (Wildman–Crippen LogP) is 9.22. The Morgan fingerprint density at radius 3 is 1.94 bits per heavy atom. The van der Waals surface area contributed by atoms with Gasteiger partial charge in [-0.05, 0) is 54.7 Å². The SMILES string of the molecule is CN(C)C1C[CH-]C(C2C(c3ccccc3)=Cc3ccccc32)CC1.[CH2-]c1ccccc1.[Cl][Ti][Cl].[NH2-]. The number of rotatable bonds is 3. The van der Waals surface area contributed by atoms with Gasteiger partial charge in [0.25, 0.3) is 0 Å². The van der Waals surface area contributed by atoms with Crippen LogP contribution in [0.3, 0.4) is 0 Å². The van der Waals surface area contributed by atoms with E-state index in [1.54, 1.807) is 0 Å². The first-order valence-corrected chi connectivity index (χ1v) is 16.0. The Hall–Kier alpha value is -1.52. The monoisotopic (exact) mass is 541 g/mol. The molecule has 3 atom stereocenters. The quantitative estimate of drug-likeness (QED) is 0.240.